The van der Waals surface area contributed by atoms with Crippen molar-refractivity contribution < 1.29 is 4.42 Å². The van der Waals surface area contributed by atoms with Crippen molar-refractivity contribution in [2.45, 2.75) is 32.4 Å². The topological polar surface area (TPSA) is 38.1 Å². The van der Waals surface area contributed by atoms with Gasteiger partial charge in [0.2, 0.25) is 0 Å². The molecular formula is C14H15BrN2O. The molecule has 1 aliphatic carbocycles. The van der Waals surface area contributed by atoms with Crippen molar-refractivity contribution in [3.05, 3.63) is 40.3 Å². The molecule has 18 heavy (non-hydrogen) atoms. The summed E-state index contributed by atoms with van der Waals surface area (Å²) in [4.78, 5) is 4.31. The molecule has 3 nitrogen and oxygen atoms in total. The number of halogens is 1. The van der Waals surface area contributed by atoms with Crippen LogP contribution in [0.4, 0.5) is 0 Å². The predicted octanol–water partition coefficient (Wildman–Crippen LogP) is 3.66. The second kappa shape index (κ2) is 4.86. The zero-order valence-corrected chi connectivity index (χ0v) is 11.8. The highest BCUT2D eigenvalue weighted by molar-refractivity contribution is 9.10. The van der Waals surface area contributed by atoms with E-state index in [0.29, 0.717) is 6.04 Å². The Bertz CT molecular complexity index is 561. The van der Waals surface area contributed by atoms with E-state index >= 15 is 0 Å². The van der Waals surface area contributed by atoms with Gasteiger partial charge in [0.05, 0.1) is 0 Å². The molecule has 0 saturated heterocycles. The number of benzene rings is 1. The molecule has 0 spiro atoms. The van der Waals surface area contributed by atoms with Gasteiger partial charge in [0.25, 0.3) is 0 Å². The lowest BCUT2D eigenvalue weighted by atomic mass is 10.1. The summed E-state index contributed by atoms with van der Waals surface area (Å²) in [5.41, 5.74) is 3.30. The Morgan fingerprint density at radius 3 is 3.00 bits per heavy atom. The highest BCUT2D eigenvalue weighted by Gasteiger charge is 2.22. The third-order valence-corrected chi connectivity index (χ3v) is 3.70. The van der Waals surface area contributed by atoms with E-state index in [1.54, 1.807) is 0 Å². The van der Waals surface area contributed by atoms with Crippen LogP contribution in [0.1, 0.15) is 24.1 Å². The first-order valence-electron chi connectivity index (χ1n) is 6.16. The minimum absolute atomic E-state index is 0.681. The third kappa shape index (κ3) is 2.49. The summed E-state index contributed by atoms with van der Waals surface area (Å²) in [7, 11) is 0. The number of nitrogens with one attached hydrogen (secondary N) is 1. The van der Waals surface area contributed by atoms with E-state index in [-0.39, 0.29) is 0 Å². The molecule has 1 saturated carbocycles. The molecule has 0 bridgehead atoms. The summed E-state index contributed by atoms with van der Waals surface area (Å²) in [5.74, 6) is 0.883. The Morgan fingerprint density at radius 1 is 1.44 bits per heavy atom. The Labute approximate surface area is 115 Å². The summed E-state index contributed by atoms with van der Waals surface area (Å²) in [6.07, 6.45) is 4.09. The van der Waals surface area contributed by atoms with Gasteiger partial charge in [-0.1, -0.05) is 15.9 Å². The van der Waals surface area contributed by atoms with Crippen LogP contribution < -0.4 is 5.32 Å². The quantitative estimate of drug-likeness (QED) is 0.936. The van der Waals surface area contributed by atoms with Crippen LogP contribution in [0.5, 0.6) is 0 Å². The minimum Gasteiger partial charge on any atom is -0.443 e. The molecule has 2 aromatic rings. The SMILES string of the molecule is Cc1cc(Br)ccc1-c1ocnc1CNC1CC1. The first-order valence-corrected chi connectivity index (χ1v) is 6.95. The lowest BCUT2D eigenvalue weighted by Gasteiger charge is -2.06. The lowest BCUT2D eigenvalue weighted by Crippen LogP contribution is -2.16. The fraction of sp³-hybridized carbons (Fsp3) is 0.357. The van der Waals surface area contributed by atoms with Crippen LogP contribution in [0.25, 0.3) is 11.3 Å². The molecule has 4 heteroatoms. The fourth-order valence-corrected chi connectivity index (χ4v) is 2.50. The Balaban J connectivity index is 1.88. The second-order valence-corrected chi connectivity index (χ2v) is 5.66. The minimum atomic E-state index is 0.681. The molecule has 0 radical (unpaired) electrons. The van der Waals surface area contributed by atoms with E-state index in [4.69, 9.17) is 4.42 Å². The molecule has 1 aromatic carbocycles. The average Bonchev–Trinajstić information content (AvgIpc) is 3.06. The zero-order valence-electron chi connectivity index (χ0n) is 10.2. The molecule has 0 atom stereocenters. The molecule has 1 N–H and O–H groups in total. The van der Waals surface area contributed by atoms with E-state index in [1.165, 1.54) is 24.8 Å². The molecule has 0 aliphatic heterocycles. The number of aryl methyl sites for hydroxylation is 1. The zero-order chi connectivity index (χ0) is 12.5. The number of hydrogen-bond donors (Lipinski definition) is 1. The van der Waals surface area contributed by atoms with E-state index in [9.17, 15) is 0 Å². The van der Waals surface area contributed by atoms with Crippen molar-refractivity contribution in [2.75, 3.05) is 0 Å². The van der Waals surface area contributed by atoms with Crippen molar-refractivity contribution in [3.63, 3.8) is 0 Å². The Morgan fingerprint density at radius 2 is 2.28 bits per heavy atom. The Hall–Kier alpha value is -1.13. The number of nitrogens with zero attached hydrogens (tertiary/aromatic N) is 1. The molecule has 1 aliphatic rings. The van der Waals surface area contributed by atoms with Crippen molar-refractivity contribution >= 4 is 15.9 Å². The Kier molecular flexibility index (Phi) is 3.22. The normalized spacial score (nSPS) is 15.0. The van der Waals surface area contributed by atoms with Gasteiger partial charge in [0.15, 0.2) is 12.2 Å². The standard InChI is InChI=1S/C14H15BrN2O/c1-9-6-10(15)2-5-12(9)14-13(17-8-18-14)7-16-11-3-4-11/h2,5-6,8,11,16H,3-4,7H2,1H3. The van der Waals surface area contributed by atoms with Crippen LogP contribution in [0.2, 0.25) is 0 Å². The molecular weight excluding hydrogens is 292 g/mol. The van der Waals surface area contributed by atoms with E-state index in [1.807, 2.05) is 6.07 Å². The highest BCUT2D eigenvalue weighted by Crippen LogP contribution is 2.29. The smallest absolute Gasteiger partial charge is 0.181 e. The van der Waals surface area contributed by atoms with Gasteiger partial charge in [-0.3, -0.25) is 0 Å². The summed E-state index contributed by atoms with van der Waals surface area (Å²) < 4.78 is 6.64. The second-order valence-electron chi connectivity index (χ2n) is 4.74. The first kappa shape index (κ1) is 11.9. The van der Waals surface area contributed by atoms with E-state index in [0.717, 1.165) is 28.0 Å². The summed E-state index contributed by atoms with van der Waals surface area (Å²) in [6, 6.07) is 6.87. The largest absolute Gasteiger partial charge is 0.443 e. The van der Waals surface area contributed by atoms with Crippen molar-refractivity contribution in [2.24, 2.45) is 0 Å². The van der Waals surface area contributed by atoms with Gasteiger partial charge in [-0.15, -0.1) is 0 Å². The molecule has 0 amide bonds. The molecule has 3 rings (SSSR count). The van der Waals surface area contributed by atoms with Gasteiger partial charge >= 0.3 is 0 Å². The van der Waals surface area contributed by atoms with Gasteiger partial charge in [0.1, 0.15) is 5.69 Å². The van der Waals surface area contributed by atoms with Crippen LogP contribution in [-0.4, -0.2) is 11.0 Å². The summed E-state index contributed by atoms with van der Waals surface area (Å²) >= 11 is 3.48. The van der Waals surface area contributed by atoms with Gasteiger partial charge in [-0.2, -0.15) is 0 Å². The summed E-state index contributed by atoms with van der Waals surface area (Å²) in [5, 5.41) is 3.47. The lowest BCUT2D eigenvalue weighted by molar-refractivity contribution is 0.569. The first-order chi connectivity index (χ1) is 8.74. The predicted molar refractivity (Wildman–Crippen MR) is 74.2 cm³/mol. The molecule has 1 heterocycles. The van der Waals surface area contributed by atoms with Gasteiger partial charge < -0.3 is 9.73 Å². The third-order valence-electron chi connectivity index (χ3n) is 3.21. The van der Waals surface area contributed by atoms with E-state index < -0.39 is 0 Å². The van der Waals surface area contributed by atoms with Gasteiger partial charge in [0, 0.05) is 22.6 Å². The van der Waals surface area contributed by atoms with Crippen LogP contribution in [0, 0.1) is 6.92 Å². The monoisotopic (exact) mass is 306 g/mol. The average molecular weight is 307 g/mol. The molecule has 0 unspecified atom stereocenters. The summed E-state index contributed by atoms with van der Waals surface area (Å²) in [6.45, 7) is 2.87. The maximum absolute atomic E-state index is 5.56. The van der Waals surface area contributed by atoms with Crippen LogP contribution >= 0.6 is 15.9 Å². The van der Waals surface area contributed by atoms with Crippen LogP contribution in [0.3, 0.4) is 0 Å². The highest BCUT2D eigenvalue weighted by atomic mass is 79.9. The number of aromatic nitrogens is 1. The fourth-order valence-electron chi connectivity index (χ4n) is 2.02. The van der Waals surface area contributed by atoms with Crippen LogP contribution in [-0.2, 0) is 6.54 Å². The van der Waals surface area contributed by atoms with Gasteiger partial charge in [-0.05, 0) is 43.5 Å². The van der Waals surface area contributed by atoms with Crippen molar-refractivity contribution in [3.8, 4) is 11.3 Å². The van der Waals surface area contributed by atoms with Crippen molar-refractivity contribution in [1.82, 2.24) is 10.3 Å². The van der Waals surface area contributed by atoms with Gasteiger partial charge in [-0.25, -0.2) is 4.98 Å². The maximum atomic E-state index is 5.56. The maximum Gasteiger partial charge on any atom is 0.181 e. The van der Waals surface area contributed by atoms with Crippen LogP contribution in [0.15, 0.2) is 33.5 Å². The van der Waals surface area contributed by atoms with E-state index in [2.05, 4.69) is 45.3 Å². The molecule has 1 fully saturated rings. The molecule has 1 aromatic heterocycles. The molecule has 94 valence electrons. The number of rotatable bonds is 4. The number of oxazole rings is 1. The number of hydrogen-bond acceptors (Lipinski definition) is 3. The van der Waals surface area contributed by atoms with Crippen molar-refractivity contribution in [1.29, 1.82) is 0 Å².